The van der Waals surface area contributed by atoms with Gasteiger partial charge in [0.1, 0.15) is 0 Å². The maximum absolute atomic E-state index is 6.05. The normalized spacial score (nSPS) is 20.9. The molecule has 0 spiro atoms. The summed E-state index contributed by atoms with van der Waals surface area (Å²) in [5.74, 6) is 0.763. The van der Waals surface area contributed by atoms with E-state index in [1.54, 1.807) is 0 Å². The van der Waals surface area contributed by atoms with E-state index in [2.05, 4.69) is 86.1 Å². The molecule has 3 heteroatoms. The molecule has 2 atom stereocenters. The van der Waals surface area contributed by atoms with E-state index < -0.39 is 8.07 Å². The standard InChI is InChI=1S/C24H35NOSi/c1-20-16-24(25(18-20)19-26-14-15-27(2,3)4)17-21-10-12-23(13-11-21)22-8-6-5-7-9-22/h5-13,20,24H,14-19H2,1-4H3/t20-,24+/m1/s1. The van der Waals surface area contributed by atoms with Gasteiger partial charge >= 0.3 is 0 Å². The molecule has 0 radical (unpaired) electrons. The highest BCUT2D eigenvalue weighted by atomic mass is 28.3. The third-order valence-corrected chi connectivity index (χ3v) is 7.23. The average Bonchev–Trinajstić information content (AvgIpc) is 2.98. The van der Waals surface area contributed by atoms with Crippen LogP contribution >= 0.6 is 0 Å². The van der Waals surface area contributed by atoms with Gasteiger partial charge in [-0.2, -0.15) is 0 Å². The zero-order valence-corrected chi connectivity index (χ0v) is 18.4. The highest BCUT2D eigenvalue weighted by molar-refractivity contribution is 6.76. The summed E-state index contributed by atoms with van der Waals surface area (Å²) in [4.78, 5) is 2.56. The van der Waals surface area contributed by atoms with Crippen molar-refractivity contribution in [3.8, 4) is 11.1 Å². The highest BCUT2D eigenvalue weighted by Crippen LogP contribution is 2.27. The van der Waals surface area contributed by atoms with Gasteiger partial charge in [-0.05, 0) is 41.5 Å². The summed E-state index contributed by atoms with van der Waals surface area (Å²) in [5.41, 5.74) is 4.02. The van der Waals surface area contributed by atoms with Gasteiger partial charge in [-0.3, -0.25) is 4.90 Å². The van der Waals surface area contributed by atoms with Crippen molar-refractivity contribution in [2.45, 2.75) is 51.5 Å². The summed E-state index contributed by atoms with van der Waals surface area (Å²) < 4.78 is 6.05. The molecule has 0 aliphatic carbocycles. The van der Waals surface area contributed by atoms with Crippen LogP contribution < -0.4 is 0 Å². The molecule has 1 heterocycles. The Labute approximate surface area is 166 Å². The Kier molecular flexibility index (Phi) is 6.91. The molecule has 0 N–H and O–H groups in total. The van der Waals surface area contributed by atoms with Crippen molar-refractivity contribution >= 4 is 8.07 Å². The van der Waals surface area contributed by atoms with Crippen LogP contribution in [0.25, 0.3) is 11.1 Å². The Balaban J connectivity index is 1.55. The van der Waals surface area contributed by atoms with Crippen LogP contribution in [0.4, 0.5) is 0 Å². The summed E-state index contributed by atoms with van der Waals surface area (Å²) in [6.07, 6.45) is 2.40. The van der Waals surface area contributed by atoms with Crippen molar-refractivity contribution in [3.63, 3.8) is 0 Å². The van der Waals surface area contributed by atoms with Gasteiger partial charge in [0.05, 0.1) is 6.73 Å². The molecule has 146 valence electrons. The lowest BCUT2D eigenvalue weighted by molar-refractivity contribution is 0.0269. The van der Waals surface area contributed by atoms with Crippen molar-refractivity contribution in [1.82, 2.24) is 4.90 Å². The fourth-order valence-electron chi connectivity index (χ4n) is 3.90. The maximum Gasteiger partial charge on any atom is 0.0992 e. The minimum Gasteiger partial charge on any atom is -0.366 e. The predicted molar refractivity (Wildman–Crippen MR) is 119 cm³/mol. The van der Waals surface area contributed by atoms with Gasteiger partial charge in [-0.25, -0.2) is 0 Å². The SMILES string of the molecule is C[C@@H]1C[C@@H](Cc2ccc(-c3ccccc3)cc2)N(COCC[Si](C)(C)C)C1. The second-order valence-corrected chi connectivity index (χ2v) is 15.0. The van der Waals surface area contributed by atoms with Gasteiger partial charge in [0.15, 0.2) is 0 Å². The Hall–Kier alpha value is -1.42. The molecule has 2 aromatic carbocycles. The Morgan fingerprint density at radius 1 is 0.963 bits per heavy atom. The molecule has 0 unspecified atom stereocenters. The number of ether oxygens (including phenoxy) is 1. The molecule has 0 amide bonds. The van der Waals surface area contributed by atoms with E-state index in [1.807, 2.05) is 0 Å². The monoisotopic (exact) mass is 381 g/mol. The van der Waals surface area contributed by atoms with Gasteiger partial charge in [0.25, 0.3) is 0 Å². The first-order valence-electron chi connectivity index (χ1n) is 10.4. The van der Waals surface area contributed by atoms with Crippen LogP contribution in [0.3, 0.4) is 0 Å². The minimum atomic E-state index is -1.00. The van der Waals surface area contributed by atoms with Crippen molar-refractivity contribution in [2.24, 2.45) is 5.92 Å². The van der Waals surface area contributed by atoms with Crippen LogP contribution in [0.5, 0.6) is 0 Å². The van der Waals surface area contributed by atoms with Crippen LogP contribution in [0.15, 0.2) is 54.6 Å². The molecule has 27 heavy (non-hydrogen) atoms. The average molecular weight is 382 g/mol. The van der Waals surface area contributed by atoms with E-state index in [4.69, 9.17) is 4.74 Å². The molecule has 1 fully saturated rings. The second-order valence-electron chi connectivity index (χ2n) is 9.38. The van der Waals surface area contributed by atoms with Crippen molar-refractivity contribution < 1.29 is 4.74 Å². The van der Waals surface area contributed by atoms with E-state index in [-0.39, 0.29) is 0 Å². The van der Waals surface area contributed by atoms with Gasteiger partial charge in [0.2, 0.25) is 0 Å². The fourth-order valence-corrected chi connectivity index (χ4v) is 4.66. The smallest absolute Gasteiger partial charge is 0.0992 e. The number of nitrogens with zero attached hydrogens (tertiary/aromatic N) is 1. The fraction of sp³-hybridized carbons (Fsp3) is 0.500. The zero-order chi connectivity index (χ0) is 19.3. The molecule has 2 nitrogen and oxygen atoms in total. The summed E-state index contributed by atoms with van der Waals surface area (Å²) >= 11 is 0. The van der Waals surface area contributed by atoms with Crippen LogP contribution in [0.1, 0.15) is 18.9 Å². The number of likely N-dealkylation sites (tertiary alicyclic amines) is 1. The van der Waals surface area contributed by atoms with E-state index in [0.717, 1.165) is 25.7 Å². The quantitative estimate of drug-likeness (QED) is 0.416. The molecular formula is C24H35NOSi. The molecule has 1 aliphatic heterocycles. The largest absolute Gasteiger partial charge is 0.366 e. The van der Waals surface area contributed by atoms with Crippen LogP contribution in [0, 0.1) is 5.92 Å². The van der Waals surface area contributed by atoms with E-state index in [0.29, 0.717) is 6.04 Å². The Bertz CT molecular complexity index is 693. The van der Waals surface area contributed by atoms with Gasteiger partial charge in [-0.1, -0.05) is 81.2 Å². The highest BCUT2D eigenvalue weighted by Gasteiger charge is 2.29. The number of rotatable bonds is 8. The first-order chi connectivity index (χ1) is 12.9. The first-order valence-corrected chi connectivity index (χ1v) is 14.1. The maximum atomic E-state index is 6.05. The van der Waals surface area contributed by atoms with Crippen LogP contribution in [-0.4, -0.2) is 38.9 Å². The van der Waals surface area contributed by atoms with Crippen molar-refractivity contribution in [3.05, 3.63) is 60.2 Å². The Morgan fingerprint density at radius 2 is 1.63 bits per heavy atom. The molecule has 1 saturated heterocycles. The Morgan fingerprint density at radius 3 is 2.30 bits per heavy atom. The lowest BCUT2D eigenvalue weighted by Gasteiger charge is -2.25. The molecule has 0 saturated carbocycles. The topological polar surface area (TPSA) is 12.5 Å². The summed E-state index contributed by atoms with van der Waals surface area (Å²) in [5, 5.41) is 0. The number of benzene rings is 2. The van der Waals surface area contributed by atoms with Crippen LogP contribution in [-0.2, 0) is 11.2 Å². The van der Waals surface area contributed by atoms with Gasteiger partial charge in [0, 0.05) is 27.3 Å². The number of hydrogen-bond acceptors (Lipinski definition) is 2. The second kappa shape index (κ2) is 9.18. The molecular weight excluding hydrogens is 346 g/mol. The summed E-state index contributed by atoms with van der Waals surface area (Å²) in [6.45, 7) is 12.5. The molecule has 1 aliphatic rings. The van der Waals surface area contributed by atoms with Crippen molar-refractivity contribution in [2.75, 3.05) is 19.9 Å². The van der Waals surface area contributed by atoms with E-state index in [9.17, 15) is 0 Å². The number of hydrogen-bond donors (Lipinski definition) is 0. The minimum absolute atomic E-state index is 0.606. The van der Waals surface area contributed by atoms with E-state index in [1.165, 1.54) is 35.7 Å². The van der Waals surface area contributed by atoms with Gasteiger partial charge in [-0.15, -0.1) is 0 Å². The molecule has 3 rings (SSSR count). The van der Waals surface area contributed by atoms with Gasteiger partial charge < -0.3 is 4.74 Å². The third-order valence-electron chi connectivity index (χ3n) is 5.52. The zero-order valence-electron chi connectivity index (χ0n) is 17.4. The predicted octanol–water partition coefficient (Wildman–Crippen LogP) is 5.92. The van der Waals surface area contributed by atoms with E-state index >= 15 is 0 Å². The lowest BCUT2D eigenvalue weighted by Crippen LogP contribution is -2.34. The summed E-state index contributed by atoms with van der Waals surface area (Å²) in [7, 11) is -1.00. The third kappa shape index (κ3) is 6.30. The first kappa shape index (κ1) is 20.3. The van der Waals surface area contributed by atoms with Crippen molar-refractivity contribution in [1.29, 1.82) is 0 Å². The molecule has 2 aromatic rings. The van der Waals surface area contributed by atoms with Crippen LogP contribution in [0.2, 0.25) is 25.7 Å². The lowest BCUT2D eigenvalue weighted by atomic mass is 9.98. The molecule has 0 aromatic heterocycles. The summed E-state index contributed by atoms with van der Waals surface area (Å²) in [6, 6.07) is 21.6. The molecule has 0 bridgehead atoms.